The van der Waals surface area contributed by atoms with Crippen molar-refractivity contribution in [1.82, 2.24) is 0 Å². The van der Waals surface area contributed by atoms with Crippen molar-refractivity contribution in [2.45, 2.75) is 14.7 Å². The normalized spacial score (nSPS) is 11.6. The van der Waals surface area contributed by atoms with Crippen LogP contribution in [0, 0.1) is 11.3 Å². The van der Waals surface area contributed by atoms with Crippen molar-refractivity contribution in [1.29, 1.82) is 5.26 Å². The van der Waals surface area contributed by atoms with Gasteiger partial charge in [-0.15, -0.1) is 0 Å². The Bertz CT molecular complexity index is 806. The number of nitriles is 1. The van der Waals surface area contributed by atoms with Crippen molar-refractivity contribution in [3.05, 3.63) is 90.5 Å². The fraction of sp³-hybridized carbons (Fsp3) is 0. The van der Waals surface area contributed by atoms with Gasteiger partial charge in [-0.3, -0.25) is 4.21 Å². The average molecular weight is 305 g/mol. The van der Waals surface area contributed by atoms with E-state index in [-0.39, 0.29) is 0 Å². The van der Waals surface area contributed by atoms with Gasteiger partial charge in [0, 0.05) is 14.7 Å². The lowest BCUT2D eigenvalue weighted by molar-refractivity contribution is 0.669. The first-order chi connectivity index (χ1) is 10.7. The quantitative estimate of drug-likeness (QED) is 0.742. The molecule has 0 N–H and O–H groups in total. The zero-order valence-electron chi connectivity index (χ0n) is 11.9. The highest BCUT2D eigenvalue weighted by Crippen LogP contribution is 2.35. The van der Waals surface area contributed by atoms with E-state index in [0.29, 0.717) is 5.56 Å². The number of benzene rings is 3. The number of nitrogens with zero attached hydrogens (tertiary/aromatic N) is 1. The minimum absolute atomic E-state index is 0.566. The van der Waals surface area contributed by atoms with Gasteiger partial charge in [0.2, 0.25) is 0 Å². The summed E-state index contributed by atoms with van der Waals surface area (Å²) in [6, 6.07) is 28.1. The summed E-state index contributed by atoms with van der Waals surface area (Å²) in [5, 5.41) is 8.95. The fourth-order valence-corrected chi connectivity index (χ4v) is 5.12. The van der Waals surface area contributed by atoms with Gasteiger partial charge in [-0.25, -0.2) is 0 Å². The summed E-state index contributed by atoms with van der Waals surface area (Å²) in [4.78, 5) is 2.33. The Labute approximate surface area is 131 Å². The highest BCUT2D eigenvalue weighted by atomic mass is 32.2. The van der Waals surface area contributed by atoms with E-state index >= 15 is 0 Å². The molecule has 3 rings (SSSR count). The maximum absolute atomic E-state index is 13.9. The summed E-state index contributed by atoms with van der Waals surface area (Å²) in [6.45, 7) is 0. The molecule has 0 aliphatic carbocycles. The van der Waals surface area contributed by atoms with Gasteiger partial charge in [-0.05, 0) is 58.5 Å². The van der Waals surface area contributed by atoms with Crippen LogP contribution in [0.5, 0.6) is 0 Å². The van der Waals surface area contributed by atoms with Crippen LogP contribution in [0.2, 0.25) is 0 Å². The van der Waals surface area contributed by atoms with Crippen molar-refractivity contribution < 1.29 is 4.21 Å². The molecule has 3 aromatic rings. The Morgan fingerprint density at radius 2 is 1.05 bits per heavy atom. The van der Waals surface area contributed by atoms with Crippen molar-refractivity contribution in [3.8, 4) is 6.07 Å². The van der Waals surface area contributed by atoms with Crippen LogP contribution in [0.3, 0.4) is 0 Å². The van der Waals surface area contributed by atoms with E-state index in [0.717, 1.165) is 14.7 Å². The van der Waals surface area contributed by atoms with Gasteiger partial charge in [-0.2, -0.15) is 5.26 Å². The third kappa shape index (κ3) is 2.45. The molecule has 0 aliphatic heterocycles. The molecular weight excluding hydrogens is 290 g/mol. The van der Waals surface area contributed by atoms with Gasteiger partial charge in [0.25, 0.3) is 0 Å². The predicted molar refractivity (Wildman–Crippen MR) is 88.4 cm³/mol. The van der Waals surface area contributed by atoms with Crippen LogP contribution in [0.15, 0.2) is 99.6 Å². The number of rotatable bonds is 3. The first kappa shape index (κ1) is 14.2. The molecule has 0 saturated heterocycles. The predicted octanol–water partition coefficient (Wildman–Crippen LogP) is 4.05. The molecule has 0 aliphatic rings. The third-order valence-electron chi connectivity index (χ3n) is 3.60. The molecular formula is C19H15NOS. The molecule has 0 saturated carbocycles. The van der Waals surface area contributed by atoms with Crippen molar-refractivity contribution >= 4 is 9.93 Å². The van der Waals surface area contributed by atoms with E-state index in [9.17, 15) is 4.21 Å². The lowest BCUT2D eigenvalue weighted by Crippen LogP contribution is -2.13. The number of hydrogen-bond acceptors (Lipinski definition) is 2. The molecule has 0 heterocycles. The van der Waals surface area contributed by atoms with Crippen LogP contribution in [0.1, 0.15) is 5.56 Å². The van der Waals surface area contributed by atoms with Gasteiger partial charge in [0.05, 0.1) is 11.6 Å². The molecule has 3 heteroatoms. The second-order valence-corrected chi connectivity index (χ2v) is 7.71. The molecule has 0 unspecified atom stereocenters. The molecule has 0 radical (unpaired) electrons. The van der Waals surface area contributed by atoms with E-state index in [4.69, 9.17) is 5.26 Å². The molecule has 0 bridgehead atoms. The zero-order valence-corrected chi connectivity index (χ0v) is 12.8. The number of hydrogen-bond donors (Lipinski definition) is 1. The Hall–Kier alpha value is -2.70. The third-order valence-corrected chi connectivity index (χ3v) is 6.68. The highest BCUT2D eigenvalue weighted by molar-refractivity contribution is 8.03. The van der Waals surface area contributed by atoms with Crippen molar-refractivity contribution in [2.75, 3.05) is 0 Å². The first-order valence-electron chi connectivity index (χ1n) is 6.97. The van der Waals surface area contributed by atoms with Gasteiger partial charge in [-0.1, -0.05) is 36.4 Å². The van der Waals surface area contributed by atoms with Gasteiger partial charge in [0.1, 0.15) is 0 Å². The van der Waals surface area contributed by atoms with E-state index in [1.807, 2.05) is 60.7 Å². The zero-order chi connectivity index (χ0) is 15.4. The topological polar surface area (TPSA) is 40.9 Å². The van der Waals surface area contributed by atoms with Gasteiger partial charge >= 0.3 is 0 Å². The molecule has 0 atom stereocenters. The summed E-state index contributed by atoms with van der Waals surface area (Å²) in [6.07, 6.45) is 0. The maximum atomic E-state index is 13.9. The first-order valence-corrected chi connectivity index (χ1v) is 8.68. The average Bonchev–Trinajstić information content (AvgIpc) is 2.62. The standard InChI is InChI=1S/C19H15NOS/c20-15-16-11-13-19(14-12-16)22(21,17-7-3-1-4-8-17)18-9-5-2-6-10-18/h1-14,22H. The lowest BCUT2D eigenvalue weighted by Gasteiger charge is -2.25. The van der Waals surface area contributed by atoms with Crippen LogP contribution in [-0.4, -0.2) is 4.21 Å². The molecule has 3 aromatic carbocycles. The van der Waals surface area contributed by atoms with Gasteiger partial charge in [0.15, 0.2) is 0 Å². The van der Waals surface area contributed by atoms with Crippen molar-refractivity contribution in [3.63, 3.8) is 0 Å². The lowest BCUT2D eigenvalue weighted by atomic mass is 10.2. The smallest absolute Gasteiger partial charge is 0.0991 e. The summed E-state index contributed by atoms with van der Waals surface area (Å²) in [7, 11) is -2.92. The second kappa shape index (κ2) is 5.97. The SMILES string of the molecule is N#Cc1ccc([SH](=O)(c2ccccc2)c2ccccc2)cc1. The summed E-state index contributed by atoms with van der Waals surface area (Å²) < 4.78 is 13.9. The monoisotopic (exact) mass is 305 g/mol. The highest BCUT2D eigenvalue weighted by Gasteiger charge is 2.22. The minimum atomic E-state index is -2.92. The van der Waals surface area contributed by atoms with Crippen LogP contribution in [0.4, 0.5) is 0 Å². The van der Waals surface area contributed by atoms with Crippen LogP contribution < -0.4 is 0 Å². The molecule has 0 spiro atoms. The van der Waals surface area contributed by atoms with E-state index < -0.39 is 9.93 Å². The van der Waals surface area contributed by atoms with Crippen molar-refractivity contribution in [2.24, 2.45) is 0 Å². The molecule has 22 heavy (non-hydrogen) atoms. The van der Waals surface area contributed by atoms with E-state index in [1.165, 1.54) is 0 Å². The van der Waals surface area contributed by atoms with Crippen LogP contribution in [0.25, 0.3) is 0 Å². The van der Waals surface area contributed by atoms with E-state index in [1.54, 1.807) is 24.3 Å². The Kier molecular flexibility index (Phi) is 3.86. The Morgan fingerprint density at radius 3 is 1.45 bits per heavy atom. The molecule has 0 aromatic heterocycles. The number of thiol groups is 1. The fourth-order valence-electron chi connectivity index (χ4n) is 2.47. The molecule has 0 amide bonds. The second-order valence-electron chi connectivity index (χ2n) is 4.94. The summed E-state index contributed by atoms with van der Waals surface area (Å²) >= 11 is 0. The molecule has 0 fully saturated rings. The van der Waals surface area contributed by atoms with E-state index in [2.05, 4.69) is 6.07 Å². The Balaban J connectivity index is 2.24. The van der Waals surface area contributed by atoms with Gasteiger partial charge < -0.3 is 0 Å². The Morgan fingerprint density at radius 1 is 0.636 bits per heavy atom. The molecule has 108 valence electrons. The van der Waals surface area contributed by atoms with Crippen LogP contribution in [-0.2, 0) is 9.93 Å². The maximum Gasteiger partial charge on any atom is 0.0991 e. The molecule has 2 nitrogen and oxygen atoms in total. The summed E-state index contributed by atoms with van der Waals surface area (Å²) in [5.74, 6) is 0. The summed E-state index contributed by atoms with van der Waals surface area (Å²) in [5.41, 5.74) is 0.566. The largest absolute Gasteiger partial charge is 0.271 e. The minimum Gasteiger partial charge on any atom is -0.271 e. The van der Waals surface area contributed by atoms with Crippen LogP contribution >= 0.6 is 0 Å².